The highest BCUT2D eigenvalue weighted by molar-refractivity contribution is 5.69. The molecule has 0 saturated heterocycles. The zero-order valence-electron chi connectivity index (χ0n) is 16.2. The number of aldehydes is 1. The van der Waals surface area contributed by atoms with Crippen molar-refractivity contribution in [2.24, 2.45) is 0 Å². The van der Waals surface area contributed by atoms with Gasteiger partial charge in [-0.05, 0) is 51.7 Å². The van der Waals surface area contributed by atoms with Gasteiger partial charge >= 0.3 is 0 Å². The highest BCUT2D eigenvalue weighted by Crippen LogP contribution is 2.27. The van der Waals surface area contributed by atoms with Crippen LogP contribution < -0.4 is 10.6 Å². The van der Waals surface area contributed by atoms with Gasteiger partial charge in [-0.3, -0.25) is 4.98 Å². The number of aliphatic hydroxyl groups excluding tert-OH is 1. The van der Waals surface area contributed by atoms with Crippen LogP contribution in [0.3, 0.4) is 0 Å². The average molecular weight is 390 g/mol. The van der Waals surface area contributed by atoms with Gasteiger partial charge in [0, 0.05) is 17.8 Å². The van der Waals surface area contributed by atoms with Gasteiger partial charge in [-0.2, -0.15) is 0 Å². The molecule has 8 heteroatoms. The molecule has 1 saturated carbocycles. The van der Waals surface area contributed by atoms with E-state index in [4.69, 9.17) is 0 Å². The largest absolute Gasteiger partial charge is 0.393 e. The zero-order chi connectivity index (χ0) is 20.1. The normalized spacial score (nSPS) is 19.9. The van der Waals surface area contributed by atoms with Crippen LogP contribution >= 0.6 is 0 Å². The van der Waals surface area contributed by atoms with Crippen LogP contribution in [0.1, 0.15) is 45.2 Å². The Kier molecular flexibility index (Phi) is 6.21. The van der Waals surface area contributed by atoms with Crippen LogP contribution in [-0.4, -0.2) is 50.1 Å². The van der Waals surface area contributed by atoms with Crippen LogP contribution in [0.2, 0.25) is 0 Å². The third kappa shape index (κ3) is 5.02. The minimum atomic E-state index is -1.01. The fourth-order valence-corrected chi connectivity index (χ4v) is 3.22. The van der Waals surface area contributed by atoms with Crippen LogP contribution in [-0.2, 0) is 10.4 Å². The third-order valence-electron chi connectivity index (χ3n) is 4.85. The molecule has 8 nitrogen and oxygen atoms in total. The Hall–Kier alpha value is -2.58. The lowest BCUT2D eigenvalue weighted by Gasteiger charge is -2.27. The molecule has 0 aliphatic heterocycles. The highest BCUT2D eigenvalue weighted by Gasteiger charge is 2.21. The summed E-state index contributed by atoms with van der Waals surface area (Å²) in [5, 5.41) is 26.1. The van der Waals surface area contributed by atoms with Crippen molar-refractivity contribution >= 4 is 17.9 Å². The van der Waals surface area contributed by atoms with E-state index < -0.39 is 5.60 Å². The Balaban J connectivity index is 1.85. The molecule has 1 aliphatic rings. The van der Waals surface area contributed by atoms with Crippen molar-refractivity contribution in [2.75, 3.05) is 17.2 Å². The number of pyridine rings is 1. The maximum absolute atomic E-state index is 10.7. The van der Waals surface area contributed by atoms with E-state index in [9.17, 15) is 15.0 Å². The van der Waals surface area contributed by atoms with E-state index in [-0.39, 0.29) is 18.7 Å². The summed E-state index contributed by atoms with van der Waals surface area (Å²) >= 11 is 0. The number of nitrogens with zero attached hydrogens (tertiary/aromatic N) is 3. The molecule has 0 unspecified atom stereocenters. The molecule has 0 atom stereocenters. The van der Waals surface area contributed by atoms with Crippen LogP contribution in [0.5, 0.6) is 0 Å². The summed E-state index contributed by atoms with van der Waals surface area (Å²) < 4.78 is 0. The van der Waals surface area contributed by atoms with Gasteiger partial charge in [0.05, 0.1) is 30.2 Å². The quantitative estimate of drug-likeness (QED) is 0.419. The molecule has 2 aromatic heterocycles. The van der Waals surface area contributed by atoms with E-state index in [1.165, 1.54) is 0 Å². The molecule has 1 aliphatic carbocycles. The Morgan fingerprint density at radius 2 is 1.89 bits per heavy atom. The number of nitrogens with one attached hydrogen (secondary N) is 2. The Bertz CT molecular complexity index is 796. The van der Waals surface area contributed by atoms with Crippen molar-refractivity contribution in [1.82, 2.24) is 15.0 Å². The Labute approximate surface area is 164 Å². The Morgan fingerprint density at radius 3 is 2.50 bits per heavy atom. The van der Waals surface area contributed by atoms with E-state index in [1.54, 1.807) is 32.3 Å². The molecule has 0 amide bonds. The number of rotatable bonds is 7. The predicted octanol–water partition coefficient (Wildman–Crippen LogP) is 2.09. The fourth-order valence-electron chi connectivity index (χ4n) is 3.22. The highest BCUT2D eigenvalue weighted by atomic mass is 16.4. The van der Waals surface area contributed by atoms with E-state index in [0.29, 0.717) is 23.0 Å². The molecule has 0 bridgehead atoms. The van der Waals surface area contributed by atoms with Crippen molar-refractivity contribution in [3.8, 4) is 11.3 Å². The minimum Gasteiger partial charge on any atom is -0.393 e. The first-order valence-electron chi connectivity index (χ1n) is 9.55. The maximum atomic E-state index is 10.7. The number of aliphatic hydroxyl groups is 2. The molecule has 0 aromatic carbocycles. The first-order valence-corrected chi connectivity index (χ1v) is 9.55. The van der Waals surface area contributed by atoms with E-state index >= 15 is 0 Å². The zero-order valence-corrected chi connectivity index (χ0v) is 16.2. The lowest BCUT2D eigenvalue weighted by Crippen LogP contribution is -2.29. The molecule has 3 rings (SSSR count). The number of aromatic nitrogens is 3. The Morgan fingerprint density at radius 1 is 1.14 bits per heavy atom. The first-order chi connectivity index (χ1) is 13.4. The lowest BCUT2D eigenvalue weighted by molar-refractivity contribution is -0.106. The van der Waals surface area contributed by atoms with Crippen LogP contribution in [0.25, 0.3) is 11.3 Å². The second-order valence-electron chi connectivity index (χ2n) is 7.64. The summed E-state index contributed by atoms with van der Waals surface area (Å²) in [4.78, 5) is 24.2. The van der Waals surface area contributed by atoms with Gasteiger partial charge in [0.2, 0.25) is 0 Å². The van der Waals surface area contributed by atoms with Gasteiger partial charge in [0.15, 0.2) is 11.6 Å². The van der Waals surface area contributed by atoms with Crippen LogP contribution in [0.15, 0.2) is 24.5 Å². The maximum Gasteiger partial charge on any atom is 0.169 e. The summed E-state index contributed by atoms with van der Waals surface area (Å²) in [6.07, 6.45) is 7.04. The predicted molar refractivity (Wildman–Crippen MR) is 107 cm³/mol. The second kappa shape index (κ2) is 8.62. The van der Waals surface area contributed by atoms with Crippen LogP contribution in [0.4, 0.5) is 11.6 Å². The van der Waals surface area contributed by atoms with E-state index in [1.807, 2.05) is 6.07 Å². The molecule has 28 heavy (non-hydrogen) atoms. The van der Waals surface area contributed by atoms with Gasteiger partial charge in [-0.1, -0.05) is 0 Å². The molecule has 2 aromatic rings. The summed E-state index contributed by atoms with van der Waals surface area (Å²) in [5.74, 6) is 1.09. The van der Waals surface area contributed by atoms with Gasteiger partial charge in [-0.15, -0.1) is 0 Å². The van der Waals surface area contributed by atoms with Gasteiger partial charge in [0.25, 0.3) is 0 Å². The average Bonchev–Trinajstić information content (AvgIpc) is 2.68. The number of anilines is 2. The number of hydrogen-bond acceptors (Lipinski definition) is 8. The third-order valence-corrected chi connectivity index (χ3v) is 4.85. The van der Waals surface area contributed by atoms with Crippen molar-refractivity contribution in [1.29, 1.82) is 0 Å². The van der Waals surface area contributed by atoms with Crippen molar-refractivity contribution < 1.29 is 15.0 Å². The minimum absolute atomic E-state index is 0.147. The van der Waals surface area contributed by atoms with E-state index in [2.05, 4.69) is 25.6 Å². The molecule has 4 N–H and O–H groups in total. The van der Waals surface area contributed by atoms with E-state index in [0.717, 1.165) is 37.5 Å². The van der Waals surface area contributed by atoms with Crippen molar-refractivity contribution in [2.45, 2.75) is 57.3 Å². The monoisotopic (exact) mass is 390 g/mol. The summed E-state index contributed by atoms with van der Waals surface area (Å²) in [6.45, 7) is 3.52. The van der Waals surface area contributed by atoms with Crippen molar-refractivity contribution in [3.63, 3.8) is 0 Å². The van der Waals surface area contributed by atoms with Crippen LogP contribution in [0, 0.1) is 0 Å². The van der Waals surface area contributed by atoms with Gasteiger partial charge in [0.1, 0.15) is 11.9 Å². The molecule has 0 radical (unpaired) electrons. The molecule has 0 spiro atoms. The van der Waals surface area contributed by atoms with Crippen molar-refractivity contribution in [3.05, 3.63) is 30.2 Å². The number of hydrogen-bond donors (Lipinski definition) is 4. The topological polar surface area (TPSA) is 120 Å². The standard InChI is InChI=1S/C20H27N5O3/c1-20(2,28)17-8-3-13(11-22-17)16-12-23-18(21-9-10-26)19(25-16)24-14-4-6-15(27)7-5-14/h3,8,10-12,14-15,27-28H,4-7,9H2,1-2H3,(H,21,23)(H,24,25)/i1+1,2+1,9+1,10+1,20+1. The number of carbonyl (C=O) groups excluding carboxylic acids is 1. The molecule has 1 fully saturated rings. The number of carbonyl (C=O) groups is 1. The lowest BCUT2D eigenvalue weighted by atomic mass is 9.93. The summed E-state index contributed by atoms with van der Waals surface area (Å²) in [5.41, 5.74) is 0.993. The summed E-state index contributed by atoms with van der Waals surface area (Å²) in [7, 11) is 0. The summed E-state index contributed by atoms with van der Waals surface area (Å²) in [6, 6.07) is 3.81. The molecular weight excluding hydrogens is 363 g/mol. The SMILES string of the molecule is [13CH3][13C]([13CH3])(O)c1ccc(-c2cnc(N[13CH2][13CH]=O)c(NC3CCC(O)CC3)n2)cn1. The molecule has 2 heterocycles. The molecular formula is C20H27N5O3. The molecule has 150 valence electrons. The first kappa shape index (κ1) is 20.2. The van der Waals surface area contributed by atoms with Gasteiger partial charge in [-0.25, -0.2) is 9.97 Å². The van der Waals surface area contributed by atoms with Gasteiger partial charge < -0.3 is 25.6 Å². The second-order valence-corrected chi connectivity index (χ2v) is 7.64. The fraction of sp³-hybridized carbons (Fsp3) is 0.500. The smallest absolute Gasteiger partial charge is 0.169 e.